The van der Waals surface area contributed by atoms with Gasteiger partial charge in [-0.15, -0.1) is 0 Å². The predicted molar refractivity (Wildman–Crippen MR) is 141 cm³/mol. The van der Waals surface area contributed by atoms with Crippen molar-refractivity contribution >= 4 is 17.5 Å². The molecule has 8 atom stereocenters. The van der Waals surface area contributed by atoms with Crippen LogP contribution in [0, 0.1) is 50.2 Å². The van der Waals surface area contributed by atoms with Gasteiger partial charge in [0.15, 0.2) is 11.6 Å². The van der Waals surface area contributed by atoms with Crippen LogP contribution in [0.25, 0.3) is 0 Å². The van der Waals surface area contributed by atoms with E-state index in [2.05, 4.69) is 20.8 Å². The third kappa shape index (κ3) is 3.52. The highest BCUT2D eigenvalue weighted by Crippen LogP contribution is 2.74. The second-order valence-corrected chi connectivity index (χ2v) is 15.2. The lowest BCUT2D eigenvalue weighted by Crippen LogP contribution is -2.66. The average molecular weight is 549 g/mol. The highest BCUT2D eigenvalue weighted by molar-refractivity contribution is 6.03. The van der Waals surface area contributed by atoms with Crippen LogP contribution in [-0.2, 0) is 19.1 Å². The molecule has 216 valence electrons. The van der Waals surface area contributed by atoms with Crippen molar-refractivity contribution in [1.29, 1.82) is 0 Å². The molecule has 0 aromatic heterocycles. The van der Waals surface area contributed by atoms with Gasteiger partial charge in [-0.3, -0.25) is 14.4 Å². The third-order valence-electron chi connectivity index (χ3n) is 12.9. The summed E-state index contributed by atoms with van der Waals surface area (Å²) in [5.41, 5.74) is -4.04. The number of alkyl halides is 3. The van der Waals surface area contributed by atoms with Crippen LogP contribution >= 0.6 is 0 Å². The fourth-order valence-electron chi connectivity index (χ4n) is 10.3. The van der Waals surface area contributed by atoms with Crippen LogP contribution in [0.5, 0.6) is 0 Å². The molecule has 5 rings (SSSR count). The molecule has 0 N–H and O–H groups in total. The molecule has 0 unspecified atom stereocenters. The van der Waals surface area contributed by atoms with Crippen molar-refractivity contribution in [3.8, 4) is 0 Å². The molecule has 5 aliphatic rings. The Morgan fingerprint density at radius 2 is 1.56 bits per heavy atom. The lowest BCUT2D eigenvalue weighted by molar-refractivity contribution is -0.177. The van der Waals surface area contributed by atoms with Crippen molar-refractivity contribution in [3.05, 3.63) is 23.3 Å². The van der Waals surface area contributed by atoms with Crippen LogP contribution in [0.15, 0.2) is 23.3 Å². The number of ketones is 2. The van der Waals surface area contributed by atoms with Gasteiger partial charge in [0.2, 0.25) is 0 Å². The number of Topliss-reactive ketones (excluding diaryl/α,β-unsaturated/α-hetero) is 1. The summed E-state index contributed by atoms with van der Waals surface area (Å²) in [5.74, 6) is -2.24. The molecule has 0 saturated heterocycles. The van der Waals surface area contributed by atoms with Crippen molar-refractivity contribution < 1.29 is 32.3 Å². The van der Waals surface area contributed by atoms with E-state index in [1.54, 1.807) is 26.8 Å². The van der Waals surface area contributed by atoms with Gasteiger partial charge in [0.05, 0.1) is 18.1 Å². The molecule has 0 aliphatic heterocycles. The number of halogens is 3. The van der Waals surface area contributed by atoms with Gasteiger partial charge in [0.1, 0.15) is 0 Å². The summed E-state index contributed by atoms with van der Waals surface area (Å²) in [6, 6.07) is 0. The molecule has 39 heavy (non-hydrogen) atoms. The largest absolute Gasteiger partial charge is 0.469 e. The van der Waals surface area contributed by atoms with E-state index >= 15 is 0 Å². The van der Waals surface area contributed by atoms with Crippen LogP contribution in [0.1, 0.15) is 93.4 Å². The molecule has 4 nitrogen and oxygen atoms in total. The Kier molecular flexibility index (Phi) is 5.93. The van der Waals surface area contributed by atoms with Gasteiger partial charge in [0, 0.05) is 16.7 Å². The van der Waals surface area contributed by atoms with E-state index in [4.69, 9.17) is 4.74 Å². The molecule has 0 spiro atoms. The van der Waals surface area contributed by atoms with E-state index in [0.29, 0.717) is 19.3 Å². The zero-order valence-electron chi connectivity index (χ0n) is 24.6. The third-order valence-corrected chi connectivity index (χ3v) is 12.9. The van der Waals surface area contributed by atoms with Crippen molar-refractivity contribution in [2.24, 2.45) is 50.2 Å². The van der Waals surface area contributed by atoms with Gasteiger partial charge in [-0.1, -0.05) is 53.2 Å². The quantitative estimate of drug-likeness (QED) is 0.320. The molecular weight excluding hydrogens is 505 g/mol. The monoisotopic (exact) mass is 548 g/mol. The van der Waals surface area contributed by atoms with Crippen LogP contribution < -0.4 is 0 Å². The van der Waals surface area contributed by atoms with Crippen LogP contribution in [-0.4, -0.2) is 30.8 Å². The summed E-state index contributed by atoms with van der Waals surface area (Å²) in [6.07, 6.45) is 3.36. The summed E-state index contributed by atoms with van der Waals surface area (Å²) >= 11 is 0. The number of fused-ring (bicyclic) bond motifs is 7. The maximum atomic E-state index is 14.3. The molecule has 7 heteroatoms. The molecule has 0 bridgehead atoms. The Bertz CT molecular complexity index is 1210. The summed E-state index contributed by atoms with van der Waals surface area (Å²) in [7, 11) is 1.42. The summed E-state index contributed by atoms with van der Waals surface area (Å²) in [4.78, 5) is 40.2. The van der Waals surface area contributed by atoms with Gasteiger partial charge >= 0.3 is 12.1 Å². The summed E-state index contributed by atoms with van der Waals surface area (Å²) in [6.45, 7) is 13.6. The van der Waals surface area contributed by atoms with Gasteiger partial charge in [0.25, 0.3) is 0 Å². The number of hydrogen-bond acceptors (Lipinski definition) is 4. The van der Waals surface area contributed by atoms with E-state index < -0.39 is 50.5 Å². The predicted octanol–water partition coefficient (Wildman–Crippen LogP) is 7.42. The second-order valence-electron chi connectivity index (χ2n) is 15.2. The Morgan fingerprint density at radius 3 is 2.15 bits per heavy atom. The van der Waals surface area contributed by atoms with E-state index in [9.17, 15) is 27.6 Å². The van der Waals surface area contributed by atoms with Crippen LogP contribution in [0.2, 0.25) is 0 Å². The van der Waals surface area contributed by atoms with Crippen LogP contribution in [0.3, 0.4) is 0 Å². The number of carbonyl (C=O) groups is 3. The Balaban J connectivity index is 1.68. The minimum atomic E-state index is -4.77. The Labute approximate surface area is 230 Å². The molecular formula is C32H43F3O4. The van der Waals surface area contributed by atoms with E-state index in [0.717, 1.165) is 37.3 Å². The topological polar surface area (TPSA) is 60.4 Å². The lowest BCUT2D eigenvalue weighted by atomic mass is 9.34. The molecule has 0 radical (unpaired) electrons. The molecule has 0 amide bonds. The first-order valence-corrected chi connectivity index (χ1v) is 14.4. The van der Waals surface area contributed by atoms with Crippen LogP contribution in [0.4, 0.5) is 13.2 Å². The number of allylic oxidation sites excluding steroid dienone is 4. The first kappa shape index (κ1) is 28.6. The fourth-order valence-corrected chi connectivity index (χ4v) is 10.3. The number of ether oxygens (including phenoxy) is 1. The normalized spacial score (nSPS) is 47.1. The maximum absolute atomic E-state index is 14.3. The van der Waals surface area contributed by atoms with Crippen molar-refractivity contribution in [2.45, 2.75) is 99.6 Å². The first-order chi connectivity index (χ1) is 17.7. The fraction of sp³-hybridized carbons (Fsp3) is 0.781. The second kappa shape index (κ2) is 8.09. The summed E-state index contributed by atoms with van der Waals surface area (Å²) in [5, 5.41) is 0. The standard InChI is InChI=1S/C32H43F3O4/c1-26(2)22-9-10-31(7)23(29(22,5)17-20(24(26)37)32(33,34)35)21(36)15-18-19-16-28(4,25(38)39-8)12-11-27(19,3)13-14-30(18,31)6/h15,17,19,22-23H,9-14,16H2,1-8H3/t19-,22-,23+,27+,28-,29-,30+,31+/m0/s1. The lowest BCUT2D eigenvalue weighted by Gasteiger charge is -2.69. The Hall–Kier alpha value is -1.92. The molecule has 0 aromatic carbocycles. The zero-order valence-corrected chi connectivity index (χ0v) is 24.6. The van der Waals surface area contributed by atoms with Gasteiger partial charge < -0.3 is 4.74 Å². The SMILES string of the molecule is COC(=O)[C@@]1(C)CC[C@]2(C)CC[C@]3(C)C(=CC(=O)[C@@H]4[C@@]5(C)C=C(C(F)(F)F)C(=O)C(C)(C)[C@@H]5CC[C@]43C)[C@@H]2C1. The van der Waals surface area contributed by atoms with E-state index in [1.807, 2.05) is 6.92 Å². The smallest absolute Gasteiger partial charge is 0.419 e. The molecule has 5 aliphatic carbocycles. The maximum Gasteiger partial charge on any atom is 0.419 e. The number of hydrogen-bond donors (Lipinski definition) is 0. The molecule has 0 heterocycles. The van der Waals surface area contributed by atoms with Gasteiger partial charge in [-0.2, -0.15) is 13.2 Å². The number of esters is 1. The number of rotatable bonds is 1. The highest BCUT2D eigenvalue weighted by Gasteiger charge is 2.71. The van der Waals surface area contributed by atoms with Gasteiger partial charge in [-0.05, 0) is 86.0 Å². The number of methoxy groups -OCH3 is 1. The minimum Gasteiger partial charge on any atom is -0.469 e. The van der Waals surface area contributed by atoms with Gasteiger partial charge in [-0.25, -0.2) is 0 Å². The minimum absolute atomic E-state index is 0.0204. The highest BCUT2D eigenvalue weighted by atomic mass is 19.4. The summed E-state index contributed by atoms with van der Waals surface area (Å²) < 4.78 is 47.8. The first-order valence-electron chi connectivity index (χ1n) is 14.4. The molecule has 3 fully saturated rings. The van der Waals surface area contributed by atoms with E-state index in [1.165, 1.54) is 7.11 Å². The zero-order chi connectivity index (χ0) is 29.2. The van der Waals surface area contributed by atoms with Crippen molar-refractivity contribution in [1.82, 2.24) is 0 Å². The molecule has 3 saturated carbocycles. The Morgan fingerprint density at radius 1 is 0.949 bits per heavy atom. The van der Waals surface area contributed by atoms with E-state index in [-0.39, 0.29) is 29.0 Å². The molecule has 0 aromatic rings. The van der Waals surface area contributed by atoms with Crippen molar-refractivity contribution in [3.63, 3.8) is 0 Å². The number of carbonyl (C=O) groups excluding carboxylic acids is 3. The average Bonchev–Trinajstić information content (AvgIpc) is 2.82. The van der Waals surface area contributed by atoms with Crippen molar-refractivity contribution in [2.75, 3.05) is 7.11 Å².